The zero-order chi connectivity index (χ0) is 15.5. The maximum Gasteiger partial charge on any atom is 0.251 e. The molecule has 4 heteroatoms. The van der Waals surface area contributed by atoms with Crippen molar-refractivity contribution < 1.29 is 9.90 Å². The number of benzene rings is 1. The lowest BCUT2D eigenvalue weighted by Crippen LogP contribution is -2.48. The minimum atomic E-state index is -0.656. The number of amides is 1. The third kappa shape index (κ3) is 4.83. The summed E-state index contributed by atoms with van der Waals surface area (Å²) in [5.74, 6) is 0.0223. The molecule has 1 aromatic carbocycles. The van der Waals surface area contributed by atoms with Crippen LogP contribution in [0.15, 0.2) is 24.3 Å². The molecule has 0 bridgehead atoms. The van der Waals surface area contributed by atoms with Crippen LogP contribution in [-0.4, -0.2) is 47.2 Å². The summed E-state index contributed by atoms with van der Waals surface area (Å²) < 4.78 is 0. The number of piperidine rings is 1. The molecule has 116 valence electrons. The molecular weight excluding hydrogens is 264 g/mol. The molecule has 4 nitrogen and oxygen atoms in total. The lowest BCUT2D eigenvalue weighted by atomic mass is 10.0. The standard InChI is InChI=1S/C17H26N2O2/c1-13-6-4-5-7-15(13)16(20)18-14-8-10-19(11-9-14)12-17(2,3)21/h4-7,14,21H,8-12H2,1-3H3,(H,18,20). The van der Waals surface area contributed by atoms with Crippen molar-refractivity contribution >= 4 is 5.91 Å². The first-order chi connectivity index (χ1) is 9.85. The third-order valence-corrected chi connectivity index (χ3v) is 3.92. The number of likely N-dealkylation sites (tertiary alicyclic amines) is 1. The van der Waals surface area contributed by atoms with E-state index in [9.17, 15) is 9.90 Å². The number of carbonyl (C=O) groups excluding carboxylic acids is 1. The van der Waals surface area contributed by atoms with Crippen LogP contribution in [0, 0.1) is 6.92 Å². The van der Waals surface area contributed by atoms with Gasteiger partial charge in [-0.15, -0.1) is 0 Å². The Labute approximate surface area is 127 Å². The Hall–Kier alpha value is -1.39. The number of nitrogens with zero attached hydrogens (tertiary/aromatic N) is 1. The maximum atomic E-state index is 12.3. The summed E-state index contributed by atoms with van der Waals surface area (Å²) >= 11 is 0. The van der Waals surface area contributed by atoms with Gasteiger partial charge in [0.1, 0.15) is 0 Å². The van der Waals surface area contributed by atoms with Gasteiger partial charge in [0.15, 0.2) is 0 Å². The van der Waals surface area contributed by atoms with E-state index in [1.807, 2.05) is 45.0 Å². The van der Waals surface area contributed by atoms with E-state index in [1.165, 1.54) is 0 Å². The lowest BCUT2D eigenvalue weighted by molar-refractivity contribution is 0.0267. The zero-order valence-corrected chi connectivity index (χ0v) is 13.2. The second kappa shape index (κ2) is 6.58. The van der Waals surface area contributed by atoms with Gasteiger partial charge in [0, 0.05) is 31.2 Å². The summed E-state index contributed by atoms with van der Waals surface area (Å²) in [7, 11) is 0. The summed E-state index contributed by atoms with van der Waals surface area (Å²) in [5, 5.41) is 13.0. The first kappa shape index (κ1) is 16.0. The summed E-state index contributed by atoms with van der Waals surface area (Å²) in [5.41, 5.74) is 1.11. The van der Waals surface area contributed by atoms with E-state index in [0.29, 0.717) is 6.54 Å². The fraction of sp³-hybridized carbons (Fsp3) is 0.588. The van der Waals surface area contributed by atoms with Crippen molar-refractivity contribution in [3.8, 4) is 0 Å². The Morgan fingerprint density at radius 1 is 1.33 bits per heavy atom. The van der Waals surface area contributed by atoms with Crippen LogP contribution in [0.2, 0.25) is 0 Å². The van der Waals surface area contributed by atoms with Gasteiger partial charge in [0.2, 0.25) is 0 Å². The van der Waals surface area contributed by atoms with Crippen molar-refractivity contribution in [2.24, 2.45) is 0 Å². The summed E-state index contributed by atoms with van der Waals surface area (Å²) in [6, 6.07) is 7.90. The number of β-amino-alcohol motifs (C(OH)–C–C–N with tert-alkyl or cyclic N) is 1. The van der Waals surface area contributed by atoms with Crippen molar-refractivity contribution in [3.05, 3.63) is 35.4 Å². The van der Waals surface area contributed by atoms with Gasteiger partial charge in [-0.1, -0.05) is 18.2 Å². The second-order valence-corrected chi connectivity index (χ2v) is 6.65. The molecule has 0 unspecified atom stereocenters. The smallest absolute Gasteiger partial charge is 0.251 e. The van der Waals surface area contributed by atoms with Crippen molar-refractivity contribution in [2.45, 2.75) is 45.3 Å². The minimum absolute atomic E-state index is 0.0223. The average molecular weight is 290 g/mol. The van der Waals surface area contributed by atoms with Gasteiger partial charge in [0.05, 0.1) is 5.60 Å². The fourth-order valence-corrected chi connectivity index (χ4v) is 2.87. The van der Waals surface area contributed by atoms with E-state index in [1.54, 1.807) is 0 Å². The molecule has 1 saturated heterocycles. The number of hydrogen-bond acceptors (Lipinski definition) is 3. The van der Waals surface area contributed by atoms with E-state index >= 15 is 0 Å². The average Bonchev–Trinajstić information content (AvgIpc) is 2.40. The molecule has 1 aliphatic rings. The predicted molar refractivity (Wildman–Crippen MR) is 84.4 cm³/mol. The van der Waals surface area contributed by atoms with Crippen molar-refractivity contribution in [2.75, 3.05) is 19.6 Å². The molecule has 1 aliphatic heterocycles. The number of carbonyl (C=O) groups is 1. The van der Waals surface area contributed by atoms with Crippen LogP contribution in [0.25, 0.3) is 0 Å². The van der Waals surface area contributed by atoms with Gasteiger partial charge in [-0.2, -0.15) is 0 Å². The van der Waals surface area contributed by atoms with Crippen LogP contribution in [0.4, 0.5) is 0 Å². The Balaban J connectivity index is 1.84. The molecule has 1 heterocycles. The van der Waals surface area contributed by atoms with E-state index in [0.717, 1.165) is 37.1 Å². The maximum absolute atomic E-state index is 12.3. The molecule has 0 saturated carbocycles. The number of aryl methyl sites for hydroxylation is 1. The first-order valence-electron chi connectivity index (χ1n) is 7.66. The number of aliphatic hydroxyl groups is 1. The largest absolute Gasteiger partial charge is 0.389 e. The van der Waals surface area contributed by atoms with Gasteiger partial charge in [-0.25, -0.2) is 0 Å². The molecule has 1 fully saturated rings. The Morgan fingerprint density at radius 2 is 1.95 bits per heavy atom. The number of hydrogen-bond donors (Lipinski definition) is 2. The zero-order valence-electron chi connectivity index (χ0n) is 13.2. The van der Waals surface area contributed by atoms with Crippen LogP contribution in [0.1, 0.15) is 42.6 Å². The number of rotatable bonds is 4. The summed E-state index contributed by atoms with van der Waals surface area (Å²) in [4.78, 5) is 14.5. The molecule has 0 aliphatic carbocycles. The van der Waals surface area contributed by atoms with Crippen molar-refractivity contribution in [1.29, 1.82) is 0 Å². The van der Waals surface area contributed by atoms with Crippen molar-refractivity contribution in [3.63, 3.8) is 0 Å². The summed E-state index contributed by atoms with van der Waals surface area (Å²) in [6.07, 6.45) is 1.88. The monoisotopic (exact) mass is 290 g/mol. The Kier molecular flexibility index (Phi) is 5.01. The SMILES string of the molecule is Cc1ccccc1C(=O)NC1CCN(CC(C)(C)O)CC1. The van der Waals surface area contributed by atoms with Crippen LogP contribution < -0.4 is 5.32 Å². The summed E-state index contributed by atoms with van der Waals surface area (Å²) in [6.45, 7) is 8.15. The highest BCUT2D eigenvalue weighted by atomic mass is 16.3. The molecule has 2 rings (SSSR count). The van der Waals surface area contributed by atoms with Crippen LogP contribution >= 0.6 is 0 Å². The molecule has 0 atom stereocenters. The van der Waals surface area contributed by atoms with E-state index < -0.39 is 5.60 Å². The molecule has 1 aromatic rings. The van der Waals surface area contributed by atoms with E-state index in [-0.39, 0.29) is 11.9 Å². The van der Waals surface area contributed by atoms with Gasteiger partial charge >= 0.3 is 0 Å². The van der Waals surface area contributed by atoms with Crippen LogP contribution in [-0.2, 0) is 0 Å². The lowest BCUT2D eigenvalue weighted by Gasteiger charge is -2.35. The van der Waals surface area contributed by atoms with E-state index in [4.69, 9.17) is 0 Å². The second-order valence-electron chi connectivity index (χ2n) is 6.65. The van der Waals surface area contributed by atoms with Crippen LogP contribution in [0.3, 0.4) is 0 Å². The number of nitrogens with one attached hydrogen (secondary N) is 1. The third-order valence-electron chi connectivity index (χ3n) is 3.92. The fourth-order valence-electron chi connectivity index (χ4n) is 2.87. The molecule has 0 radical (unpaired) electrons. The topological polar surface area (TPSA) is 52.6 Å². The molecule has 0 spiro atoms. The van der Waals surface area contributed by atoms with Gasteiger partial charge in [-0.05, 0) is 45.2 Å². The van der Waals surface area contributed by atoms with Gasteiger partial charge < -0.3 is 15.3 Å². The first-order valence-corrected chi connectivity index (χ1v) is 7.66. The highest BCUT2D eigenvalue weighted by molar-refractivity contribution is 5.95. The molecule has 1 amide bonds. The molecule has 2 N–H and O–H groups in total. The van der Waals surface area contributed by atoms with Gasteiger partial charge in [0.25, 0.3) is 5.91 Å². The van der Waals surface area contributed by atoms with E-state index in [2.05, 4.69) is 10.2 Å². The Bertz CT molecular complexity index is 486. The van der Waals surface area contributed by atoms with Gasteiger partial charge in [-0.3, -0.25) is 4.79 Å². The Morgan fingerprint density at radius 3 is 2.52 bits per heavy atom. The quantitative estimate of drug-likeness (QED) is 0.891. The molecule has 0 aromatic heterocycles. The highest BCUT2D eigenvalue weighted by Gasteiger charge is 2.25. The molecule has 21 heavy (non-hydrogen) atoms. The van der Waals surface area contributed by atoms with Crippen molar-refractivity contribution in [1.82, 2.24) is 10.2 Å². The predicted octanol–water partition coefficient (Wildman–Crippen LogP) is 1.96. The normalized spacial score (nSPS) is 17.7. The molecular formula is C17H26N2O2. The minimum Gasteiger partial charge on any atom is -0.389 e. The highest BCUT2D eigenvalue weighted by Crippen LogP contribution is 2.15. The van der Waals surface area contributed by atoms with Crippen LogP contribution in [0.5, 0.6) is 0 Å².